The highest BCUT2D eigenvalue weighted by Gasteiger charge is 2.22. The number of carbonyl (C=O) groups is 2. The van der Waals surface area contributed by atoms with Crippen molar-refractivity contribution in [2.45, 2.75) is 32.2 Å². The number of carboxylic acids is 1. The average Bonchev–Trinajstić information content (AvgIpc) is 2.10. The molecule has 5 heteroatoms. The third-order valence-electron chi connectivity index (χ3n) is 2.10. The average molecular weight is 204 g/mol. The Hall–Kier alpha value is -0.970. The molecular formula is C9H16FNO3. The minimum atomic E-state index is -1.02. The molecule has 4 nitrogen and oxygen atoms in total. The molecule has 0 aliphatic carbocycles. The molecule has 0 aromatic carbocycles. The highest BCUT2D eigenvalue weighted by Crippen LogP contribution is 2.14. The summed E-state index contributed by atoms with van der Waals surface area (Å²) in [7, 11) is 0. The van der Waals surface area contributed by atoms with E-state index in [4.69, 9.17) is 10.8 Å². The number of nitrogens with two attached hydrogens (primary N) is 1. The highest BCUT2D eigenvalue weighted by molar-refractivity contribution is 5.82. The van der Waals surface area contributed by atoms with Crippen molar-refractivity contribution in [3.8, 4) is 0 Å². The van der Waals surface area contributed by atoms with Crippen LogP contribution in [0, 0.1) is 5.92 Å². The number of carboxylic acid groups (broad SMARTS) is 1. The molecule has 0 spiro atoms. The summed E-state index contributed by atoms with van der Waals surface area (Å²) in [4.78, 5) is 21.5. The molecule has 0 rings (SSSR count). The number of hydrogen-bond donors (Lipinski definition) is 2. The summed E-state index contributed by atoms with van der Waals surface area (Å²) in [5, 5.41) is 8.74. The number of hydrogen-bond acceptors (Lipinski definition) is 3. The van der Waals surface area contributed by atoms with Crippen LogP contribution in [0.1, 0.15) is 26.2 Å². The monoisotopic (exact) mass is 204 g/mol. The first-order valence-corrected chi connectivity index (χ1v) is 4.53. The molecule has 0 saturated carbocycles. The van der Waals surface area contributed by atoms with Crippen LogP contribution >= 0.6 is 0 Å². The highest BCUT2D eigenvalue weighted by atomic mass is 18.2. The van der Waals surface area contributed by atoms with E-state index in [0.717, 1.165) is 0 Å². The maximum Gasteiger partial charge on any atom is 0.306 e. The maximum absolute atomic E-state index is 11.8. The number of ketones is 1. The van der Waals surface area contributed by atoms with Crippen LogP contribution in [0.25, 0.3) is 0 Å². The molecule has 0 aromatic rings. The fourth-order valence-electron chi connectivity index (χ4n) is 1.14. The number of halogens is 1. The lowest BCUT2D eigenvalue weighted by Gasteiger charge is -2.14. The zero-order valence-electron chi connectivity index (χ0n) is 8.20. The molecule has 0 fully saturated rings. The lowest BCUT2D eigenvalue weighted by molar-refractivity contribution is -0.142. The molecule has 0 aliphatic rings. The Balaban J connectivity index is 4.08. The van der Waals surface area contributed by atoms with Gasteiger partial charge in [-0.1, -0.05) is 0 Å². The molecule has 0 unspecified atom stereocenters. The van der Waals surface area contributed by atoms with Gasteiger partial charge in [-0.15, -0.1) is 0 Å². The Labute approximate surface area is 82.3 Å². The van der Waals surface area contributed by atoms with Crippen molar-refractivity contribution < 1.29 is 19.1 Å². The summed E-state index contributed by atoms with van der Waals surface area (Å²) in [5.74, 6) is -1.98. The molecule has 3 N–H and O–H groups in total. The lowest BCUT2D eigenvalue weighted by Crippen LogP contribution is -2.33. The molecule has 0 radical (unpaired) electrons. The van der Waals surface area contributed by atoms with Gasteiger partial charge in [-0.3, -0.25) is 14.0 Å². The summed E-state index contributed by atoms with van der Waals surface area (Å²) >= 11 is 0. The van der Waals surface area contributed by atoms with Gasteiger partial charge in [-0.05, 0) is 26.2 Å². The molecule has 82 valence electrons. The second-order valence-corrected chi connectivity index (χ2v) is 3.32. The number of Topliss-reactive ketones (excluding diaryl/α,β-unsaturated/α-hetero) is 1. The van der Waals surface area contributed by atoms with Crippen LogP contribution in [0.2, 0.25) is 0 Å². The molecule has 14 heavy (non-hydrogen) atoms. The summed E-state index contributed by atoms with van der Waals surface area (Å²) in [6.45, 7) is 0.776. The number of rotatable bonds is 7. The van der Waals surface area contributed by atoms with E-state index in [2.05, 4.69) is 0 Å². The third kappa shape index (κ3) is 4.91. The van der Waals surface area contributed by atoms with Crippen molar-refractivity contribution in [3.05, 3.63) is 0 Å². The van der Waals surface area contributed by atoms with E-state index in [1.807, 2.05) is 0 Å². The normalized spacial score (nSPS) is 14.8. The first-order valence-electron chi connectivity index (χ1n) is 4.53. The van der Waals surface area contributed by atoms with Crippen LogP contribution in [0.4, 0.5) is 4.39 Å². The van der Waals surface area contributed by atoms with Gasteiger partial charge >= 0.3 is 5.97 Å². The van der Waals surface area contributed by atoms with Gasteiger partial charge in [0.15, 0.2) is 0 Å². The number of aliphatic carboxylic acids is 1. The molecule has 0 amide bonds. The van der Waals surface area contributed by atoms with Gasteiger partial charge < -0.3 is 10.8 Å². The Morgan fingerprint density at radius 2 is 2.07 bits per heavy atom. The van der Waals surface area contributed by atoms with Crippen LogP contribution in [0.15, 0.2) is 0 Å². The summed E-state index contributed by atoms with van der Waals surface area (Å²) in [6.07, 6.45) is 0.513. The van der Waals surface area contributed by atoms with Crippen molar-refractivity contribution in [2.75, 3.05) is 6.67 Å². The second kappa shape index (κ2) is 6.48. The smallest absolute Gasteiger partial charge is 0.306 e. The lowest BCUT2D eigenvalue weighted by atomic mass is 9.94. The van der Waals surface area contributed by atoms with Gasteiger partial charge in [0.05, 0.1) is 18.6 Å². The van der Waals surface area contributed by atoms with E-state index >= 15 is 0 Å². The summed E-state index contributed by atoms with van der Waals surface area (Å²) < 4.78 is 11.8. The third-order valence-corrected chi connectivity index (χ3v) is 2.10. The van der Waals surface area contributed by atoms with Crippen LogP contribution in [0.5, 0.6) is 0 Å². The fraction of sp³-hybridized carbons (Fsp3) is 0.778. The zero-order valence-corrected chi connectivity index (χ0v) is 8.20. The predicted molar refractivity (Wildman–Crippen MR) is 49.6 cm³/mol. The van der Waals surface area contributed by atoms with E-state index in [-0.39, 0.29) is 25.0 Å². The quantitative estimate of drug-likeness (QED) is 0.641. The first kappa shape index (κ1) is 13.0. The van der Waals surface area contributed by atoms with Gasteiger partial charge in [-0.2, -0.15) is 0 Å². The summed E-state index contributed by atoms with van der Waals surface area (Å²) in [6, 6.07) is -0.754. The Bertz CT molecular complexity index is 208. The fourth-order valence-corrected chi connectivity index (χ4v) is 1.14. The van der Waals surface area contributed by atoms with Crippen molar-refractivity contribution in [3.63, 3.8) is 0 Å². The molecular weight excluding hydrogens is 188 g/mol. The molecule has 0 bridgehead atoms. The molecule has 0 aliphatic heterocycles. The molecule has 0 heterocycles. The van der Waals surface area contributed by atoms with Gasteiger partial charge in [0.25, 0.3) is 0 Å². The summed E-state index contributed by atoms with van der Waals surface area (Å²) in [5.41, 5.74) is 5.42. The molecule has 0 aromatic heterocycles. The van der Waals surface area contributed by atoms with Crippen LogP contribution in [-0.4, -0.2) is 29.6 Å². The second-order valence-electron chi connectivity index (χ2n) is 3.32. The predicted octanol–water partition coefficient (Wildman–Crippen LogP) is 0.743. The Morgan fingerprint density at radius 3 is 2.43 bits per heavy atom. The topological polar surface area (TPSA) is 80.4 Å². The zero-order chi connectivity index (χ0) is 11.1. The minimum Gasteiger partial charge on any atom is -0.481 e. The van der Waals surface area contributed by atoms with Gasteiger partial charge in [-0.25, -0.2) is 0 Å². The van der Waals surface area contributed by atoms with E-state index in [1.54, 1.807) is 0 Å². The van der Waals surface area contributed by atoms with Crippen LogP contribution < -0.4 is 5.73 Å². The van der Waals surface area contributed by atoms with E-state index in [0.29, 0.717) is 0 Å². The molecule has 2 atom stereocenters. The van der Waals surface area contributed by atoms with Crippen molar-refractivity contribution in [1.82, 2.24) is 0 Å². The SMILES string of the molecule is CC(=O)[C@H](N)C[C@@H](CCC[18F])C(=O)O. The van der Waals surface area contributed by atoms with Gasteiger partial charge in [0.2, 0.25) is 0 Å². The van der Waals surface area contributed by atoms with Crippen LogP contribution in [-0.2, 0) is 9.59 Å². The maximum atomic E-state index is 11.8. The standard InChI is InChI=1S/C9H16FNO3/c1-6(12)8(11)5-7(9(13)14)3-2-4-10/h7-8H,2-5,11H2,1H3,(H,13,14)/t7-,8-/m1/s1/i10-1. The van der Waals surface area contributed by atoms with Gasteiger partial charge in [0, 0.05) is 0 Å². The minimum absolute atomic E-state index is 0.0880. The van der Waals surface area contributed by atoms with Crippen molar-refractivity contribution in [2.24, 2.45) is 11.7 Å². The van der Waals surface area contributed by atoms with Gasteiger partial charge in [0.1, 0.15) is 5.78 Å². The van der Waals surface area contributed by atoms with Crippen LogP contribution in [0.3, 0.4) is 0 Å². The number of carbonyl (C=O) groups excluding carboxylic acids is 1. The Morgan fingerprint density at radius 1 is 1.50 bits per heavy atom. The van der Waals surface area contributed by atoms with E-state index in [1.165, 1.54) is 6.92 Å². The van der Waals surface area contributed by atoms with Crippen molar-refractivity contribution >= 4 is 11.8 Å². The molecule has 0 saturated heterocycles. The largest absolute Gasteiger partial charge is 0.481 e. The van der Waals surface area contributed by atoms with E-state index < -0.39 is 24.6 Å². The first-order chi connectivity index (χ1) is 6.49. The van der Waals surface area contributed by atoms with Crippen molar-refractivity contribution in [1.29, 1.82) is 0 Å². The Kier molecular flexibility index (Phi) is 6.03. The van der Waals surface area contributed by atoms with E-state index in [9.17, 15) is 14.0 Å². The number of alkyl halides is 1.